The van der Waals surface area contributed by atoms with E-state index in [1.165, 1.54) is 18.9 Å². The monoisotopic (exact) mass is 204 g/mol. The van der Waals surface area contributed by atoms with Crippen molar-refractivity contribution in [2.24, 2.45) is 0 Å². The van der Waals surface area contributed by atoms with Crippen LogP contribution in [0.15, 0.2) is 12.2 Å². The Morgan fingerprint density at radius 1 is 1.54 bits per heavy atom. The second kappa shape index (κ2) is 6.54. The van der Waals surface area contributed by atoms with E-state index < -0.39 is 5.97 Å². The highest BCUT2D eigenvalue weighted by Crippen LogP contribution is 2.08. The summed E-state index contributed by atoms with van der Waals surface area (Å²) < 4.78 is 4.41. The highest BCUT2D eigenvalue weighted by Gasteiger charge is 2.04. The van der Waals surface area contributed by atoms with Crippen molar-refractivity contribution in [2.75, 3.05) is 18.6 Å². The number of hydrogen-bond donors (Lipinski definition) is 1. The van der Waals surface area contributed by atoms with Crippen LogP contribution in [0.5, 0.6) is 0 Å². The van der Waals surface area contributed by atoms with Crippen molar-refractivity contribution in [3.05, 3.63) is 12.2 Å². The number of aliphatic carboxylic acids is 1. The van der Waals surface area contributed by atoms with Crippen molar-refractivity contribution in [3.63, 3.8) is 0 Å². The molecule has 0 aliphatic heterocycles. The Bertz CT molecular complexity index is 212. The molecule has 0 atom stereocenters. The molecule has 1 N–H and O–H groups in total. The maximum Gasteiger partial charge on any atom is 0.331 e. The van der Waals surface area contributed by atoms with E-state index in [2.05, 4.69) is 11.3 Å². The van der Waals surface area contributed by atoms with Gasteiger partial charge in [0.2, 0.25) is 0 Å². The second-order valence-electron chi connectivity index (χ2n) is 2.29. The van der Waals surface area contributed by atoms with Crippen LogP contribution in [0.3, 0.4) is 0 Å². The van der Waals surface area contributed by atoms with Gasteiger partial charge in [0.25, 0.3) is 0 Å². The van der Waals surface area contributed by atoms with Gasteiger partial charge in [-0.25, -0.2) is 4.79 Å². The Balaban J connectivity index is 3.41. The molecule has 4 nitrogen and oxygen atoms in total. The third kappa shape index (κ3) is 6.21. The van der Waals surface area contributed by atoms with E-state index in [0.29, 0.717) is 17.9 Å². The standard InChI is InChI=1S/C8H12O4S/c1-6(8(10)11)5-13-4-3-7(9)12-2/h1,3-5H2,2H3,(H,10,11). The molecule has 74 valence electrons. The molecule has 0 aromatic rings. The van der Waals surface area contributed by atoms with Crippen LogP contribution in [0.1, 0.15) is 6.42 Å². The highest BCUT2D eigenvalue weighted by molar-refractivity contribution is 7.99. The molecule has 0 aromatic carbocycles. The fourth-order valence-electron chi connectivity index (χ4n) is 0.515. The summed E-state index contributed by atoms with van der Waals surface area (Å²) in [4.78, 5) is 20.9. The molecule has 0 aliphatic rings. The molecule has 0 rings (SSSR count). The lowest BCUT2D eigenvalue weighted by atomic mass is 10.4. The molecule has 0 amide bonds. The predicted octanol–water partition coefficient (Wildman–Crippen LogP) is 0.923. The minimum Gasteiger partial charge on any atom is -0.478 e. The molecule has 0 heterocycles. The van der Waals surface area contributed by atoms with E-state index in [4.69, 9.17) is 5.11 Å². The predicted molar refractivity (Wildman–Crippen MR) is 50.7 cm³/mol. The highest BCUT2D eigenvalue weighted by atomic mass is 32.2. The molecular weight excluding hydrogens is 192 g/mol. The largest absolute Gasteiger partial charge is 0.478 e. The number of carboxylic acid groups (broad SMARTS) is 1. The summed E-state index contributed by atoms with van der Waals surface area (Å²) in [6, 6.07) is 0. The normalized spacial score (nSPS) is 9.31. The minimum absolute atomic E-state index is 0.148. The van der Waals surface area contributed by atoms with E-state index in [0.717, 1.165) is 0 Å². The lowest BCUT2D eigenvalue weighted by Crippen LogP contribution is -2.04. The number of methoxy groups -OCH3 is 1. The zero-order valence-electron chi connectivity index (χ0n) is 7.41. The fourth-order valence-corrected chi connectivity index (χ4v) is 1.34. The third-order valence-corrected chi connectivity index (χ3v) is 2.30. The number of thioether (sulfide) groups is 1. The SMILES string of the molecule is C=C(CSCCC(=O)OC)C(=O)O. The second-order valence-corrected chi connectivity index (χ2v) is 3.39. The lowest BCUT2D eigenvalue weighted by Gasteiger charge is -2.00. The number of ether oxygens (including phenoxy) is 1. The molecule has 0 saturated carbocycles. The number of esters is 1. The minimum atomic E-state index is -0.995. The van der Waals surface area contributed by atoms with Crippen LogP contribution in [-0.2, 0) is 14.3 Å². The Hall–Kier alpha value is -0.970. The van der Waals surface area contributed by atoms with E-state index in [9.17, 15) is 9.59 Å². The Morgan fingerprint density at radius 2 is 2.15 bits per heavy atom. The molecule has 0 fully saturated rings. The number of carbonyl (C=O) groups excluding carboxylic acids is 1. The van der Waals surface area contributed by atoms with Gasteiger partial charge < -0.3 is 9.84 Å². The molecule has 0 unspecified atom stereocenters. The number of carbonyl (C=O) groups is 2. The topological polar surface area (TPSA) is 63.6 Å². The van der Waals surface area contributed by atoms with Crippen molar-refractivity contribution in [2.45, 2.75) is 6.42 Å². The summed E-state index contributed by atoms with van der Waals surface area (Å²) in [5.74, 6) is -0.385. The fraction of sp³-hybridized carbons (Fsp3) is 0.500. The summed E-state index contributed by atoms with van der Waals surface area (Å²) in [6.07, 6.45) is 0.300. The molecule has 0 bridgehead atoms. The van der Waals surface area contributed by atoms with Gasteiger partial charge in [-0.2, -0.15) is 11.8 Å². The van der Waals surface area contributed by atoms with Crippen LogP contribution < -0.4 is 0 Å². The van der Waals surface area contributed by atoms with Gasteiger partial charge in [-0.15, -0.1) is 0 Å². The van der Waals surface area contributed by atoms with Gasteiger partial charge in [0, 0.05) is 17.1 Å². The van der Waals surface area contributed by atoms with Crippen LogP contribution in [0.4, 0.5) is 0 Å². The Labute approximate surface area is 81.0 Å². The molecule has 0 saturated heterocycles. The van der Waals surface area contributed by atoms with Crippen LogP contribution in [0.25, 0.3) is 0 Å². The number of carboxylic acids is 1. The summed E-state index contributed by atoms with van der Waals surface area (Å²) >= 11 is 1.35. The molecule has 5 heteroatoms. The molecule has 13 heavy (non-hydrogen) atoms. The van der Waals surface area contributed by atoms with Gasteiger partial charge in [0.1, 0.15) is 0 Å². The summed E-state index contributed by atoms with van der Waals surface area (Å²) in [6.45, 7) is 3.35. The molecule has 0 aromatic heterocycles. The smallest absolute Gasteiger partial charge is 0.331 e. The quantitative estimate of drug-likeness (QED) is 0.396. The van der Waals surface area contributed by atoms with Crippen LogP contribution in [0, 0.1) is 0 Å². The molecular formula is C8H12O4S. The van der Waals surface area contributed by atoms with Crippen LogP contribution in [0.2, 0.25) is 0 Å². The van der Waals surface area contributed by atoms with Crippen molar-refractivity contribution >= 4 is 23.7 Å². The van der Waals surface area contributed by atoms with Gasteiger partial charge in [-0.3, -0.25) is 4.79 Å². The number of rotatable bonds is 6. The van der Waals surface area contributed by atoms with Crippen LogP contribution >= 0.6 is 11.8 Å². The molecule has 0 spiro atoms. The first kappa shape index (κ1) is 12.0. The van der Waals surface area contributed by atoms with Gasteiger partial charge in [-0.05, 0) is 0 Å². The maximum absolute atomic E-state index is 10.6. The molecule has 0 aliphatic carbocycles. The van der Waals surface area contributed by atoms with Gasteiger partial charge in [0.05, 0.1) is 13.5 Å². The first-order chi connectivity index (χ1) is 6.07. The Morgan fingerprint density at radius 3 is 2.62 bits per heavy atom. The number of hydrogen-bond acceptors (Lipinski definition) is 4. The first-order valence-corrected chi connectivity index (χ1v) is 4.79. The zero-order valence-corrected chi connectivity index (χ0v) is 8.23. The van der Waals surface area contributed by atoms with Gasteiger partial charge >= 0.3 is 11.9 Å². The third-order valence-electron chi connectivity index (χ3n) is 1.26. The van der Waals surface area contributed by atoms with Crippen molar-refractivity contribution < 1.29 is 19.4 Å². The zero-order chi connectivity index (χ0) is 10.3. The summed E-state index contributed by atoms with van der Waals surface area (Å²) in [5, 5.41) is 8.43. The van der Waals surface area contributed by atoms with Gasteiger partial charge in [0.15, 0.2) is 0 Å². The van der Waals surface area contributed by atoms with Crippen molar-refractivity contribution in [1.29, 1.82) is 0 Å². The lowest BCUT2D eigenvalue weighted by molar-refractivity contribution is -0.140. The summed E-state index contributed by atoms with van der Waals surface area (Å²) in [5.41, 5.74) is 0.148. The van der Waals surface area contributed by atoms with E-state index in [1.807, 2.05) is 0 Å². The first-order valence-electron chi connectivity index (χ1n) is 3.63. The molecule has 0 radical (unpaired) electrons. The Kier molecular flexibility index (Phi) is 6.05. The average Bonchev–Trinajstić information content (AvgIpc) is 2.11. The maximum atomic E-state index is 10.6. The van der Waals surface area contributed by atoms with E-state index in [-0.39, 0.29) is 11.5 Å². The van der Waals surface area contributed by atoms with Crippen molar-refractivity contribution in [3.8, 4) is 0 Å². The van der Waals surface area contributed by atoms with E-state index >= 15 is 0 Å². The van der Waals surface area contributed by atoms with Crippen molar-refractivity contribution in [1.82, 2.24) is 0 Å². The van der Waals surface area contributed by atoms with Crippen LogP contribution in [-0.4, -0.2) is 35.7 Å². The van der Waals surface area contributed by atoms with Gasteiger partial charge in [-0.1, -0.05) is 6.58 Å². The van der Waals surface area contributed by atoms with E-state index in [1.54, 1.807) is 0 Å². The average molecular weight is 204 g/mol. The summed E-state index contributed by atoms with van der Waals surface area (Å²) in [7, 11) is 1.32.